The summed E-state index contributed by atoms with van der Waals surface area (Å²) in [7, 11) is 0. The lowest BCUT2D eigenvalue weighted by molar-refractivity contribution is -0.0682. The SMILES string of the molecule is C[C@H]1CN(CCCCOc2ccccc2C=O)C[C@H](C)O1. The number of rotatable bonds is 7. The van der Waals surface area contributed by atoms with Crippen LogP contribution in [0.1, 0.15) is 37.0 Å². The Morgan fingerprint density at radius 1 is 1.24 bits per heavy atom. The Kier molecular flexibility index (Phi) is 6.21. The van der Waals surface area contributed by atoms with Gasteiger partial charge in [-0.25, -0.2) is 0 Å². The number of hydrogen-bond donors (Lipinski definition) is 0. The van der Waals surface area contributed by atoms with Gasteiger partial charge in [0, 0.05) is 13.1 Å². The first-order valence-electron chi connectivity index (χ1n) is 7.74. The second kappa shape index (κ2) is 8.15. The van der Waals surface area contributed by atoms with Crippen LogP contribution in [-0.2, 0) is 4.74 Å². The second-order valence-corrected chi connectivity index (χ2v) is 5.73. The molecule has 0 aromatic heterocycles. The molecule has 1 aliphatic heterocycles. The molecule has 0 bridgehead atoms. The minimum absolute atomic E-state index is 0.324. The number of nitrogens with zero attached hydrogens (tertiary/aromatic N) is 1. The molecule has 116 valence electrons. The van der Waals surface area contributed by atoms with Crippen LogP contribution in [0, 0.1) is 0 Å². The molecule has 1 aliphatic rings. The van der Waals surface area contributed by atoms with E-state index in [2.05, 4.69) is 18.7 Å². The van der Waals surface area contributed by atoms with Gasteiger partial charge in [-0.15, -0.1) is 0 Å². The summed E-state index contributed by atoms with van der Waals surface area (Å²) in [4.78, 5) is 13.3. The van der Waals surface area contributed by atoms with Crippen LogP contribution in [0.15, 0.2) is 24.3 Å². The largest absolute Gasteiger partial charge is 0.493 e. The number of carbonyl (C=O) groups excluding carboxylic acids is 1. The Morgan fingerprint density at radius 2 is 1.95 bits per heavy atom. The van der Waals surface area contributed by atoms with E-state index in [1.54, 1.807) is 6.07 Å². The molecule has 0 radical (unpaired) electrons. The molecule has 0 amide bonds. The third kappa shape index (κ3) is 5.14. The number of unbranched alkanes of at least 4 members (excludes halogenated alkanes) is 1. The first-order chi connectivity index (χ1) is 10.2. The highest BCUT2D eigenvalue weighted by Crippen LogP contribution is 2.16. The van der Waals surface area contributed by atoms with E-state index in [-0.39, 0.29) is 0 Å². The van der Waals surface area contributed by atoms with Gasteiger partial charge in [0.2, 0.25) is 0 Å². The predicted molar refractivity (Wildman–Crippen MR) is 83.0 cm³/mol. The average Bonchev–Trinajstić information content (AvgIpc) is 2.46. The molecule has 0 aliphatic carbocycles. The maximum atomic E-state index is 10.9. The first kappa shape index (κ1) is 16.0. The zero-order valence-electron chi connectivity index (χ0n) is 13.0. The molecule has 1 aromatic carbocycles. The van der Waals surface area contributed by atoms with Crippen LogP contribution in [0.25, 0.3) is 0 Å². The van der Waals surface area contributed by atoms with E-state index >= 15 is 0 Å². The summed E-state index contributed by atoms with van der Waals surface area (Å²) < 4.78 is 11.4. The van der Waals surface area contributed by atoms with Crippen LogP contribution in [0.2, 0.25) is 0 Å². The van der Waals surface area contributed by atoms with Crippen LogP contribution < -0.4 is 4.74 Å². The van der Waals surface area contributed by atoms with Crippen molar-refractivity contribution in [2.24, 2.45) is 0 Å². The van der Waals surface area contributed by atoms with Crippen molar-refractivity contribution in [2.75, 3.05) is 26.2 Å². The van der Waals surface area contributed by atoms with E-state index in [9.17, 15) is 4.79 Å². The van der Waals surface area contributed by atoms with Crippen molar-refractivity contribution in [3.63, 3.8) is 0 Å². The summed E-state index contributed by atoms with van der Waals surface area (Å²) in [5.74, 6) is 0.682. The molecule has 1 saturated heterocycles. The quantitative estimate of drug-likeness (QED) is 0.572. The Bertz CT molecular complexity index is 439. The van der Waals surface area contributed by atoms with Gasteiger partial charge in [-0.1, -0.05) is 12.1 Å². The van der Waals surface area contributed by atoms with E-state index in [4.69, 9.17) is 9.47 Å². The van der Waals surface area contributed by atoms with Crippen molar-refractivity contribution in [2.45, 2.75) is 38.9 Å². The lowest BCUT2D eigenvalue weighted by atomic mass is 10.2. The molecule has 0 N–H and O–H groups in total. The molecule has 1 aromatic rings. The monoisotopic (exact) mass is 291 g/mol. The Morgan fingerprint density at radius 3 is 2.67 bits per heavy atom. The van der Waals surface area contributed by atoms with Crippen LogP contribution in [-0.4, -0.2) is 49.6 Å². The van der Waals surface area contributed by atoms with E-state index in [1.807, 2.05) is 18.2 Å². The molecule has 2 rings (SSSR count). The summed E-state index contributed by atoms with van der Waals surface area (Å²) in [6.45, 7) is 8.01. The van der Waals surface area contributed by atoms with E-state index in [0.29, 0.717) is 30.1 Å². The standard InChI is InChI=1S/C17H25NO3/c1-14-11-18(12-15(2)21-14)9-5-6-10-20-17-8-4-3-7-16(17)13-19/h3-4,7-8,13-15H,5-6,9-12H2,1-2H3/t14-,15-/m0/s1. The fraction of sp³-hybridized carbons (Fsp3) is 0.588. The highest BCUT2D eigenvalue weighted by Gasteiger charge is 2.21. The number of morpholine rings is 1. The summed E-state index contributed by atoms with van der Waals surface area (Å²) in [6.07, 6.45) is 3.58. The highest BCUT2D eigenvalue weighted by atomic mass is 16.5. The number of benzene rings is 1. The lowest BCUT2D eigenvalue weighted by Gasteiger charge is -2.35. The predicted octanol–water partition coefficient (Wildman–Crippen LogP) is 2.77. The summed E-state index contributed by atoms with van der Waals surface area (Å²) in [5, 5.41) is 0. The van der Waals surface area contributed by atoms with E-state index in [0.717, 1.165) is 38.8 Å². The first-order valence-corrected chi connectivity index (χ1v) is 7.74. The minimum atomic E-state index is 0.324. The average molecular weight is 291 g/mol. The lowest BCUT2D eigenvalue weighted by Crippen LogP contribution is -2.45. The molecule has 0 unspecified atom stereocenters. The molecule has 1 fully saturated rings. The Hall–Kier alpha value is -1.39. The van der Waals surface area contributed by atoms with Gasteiger partial charge >= 0.3 is 0 Å². The number of para-hydroxylation sites is 1. The maximum Gasteiger partial charge on any atom is 0.153 e. The maximum absolute atomic E-state index is 10.9. The summed E-state index contributed by atoms with van der Waals surface area (Å²) in [5.41, 5.74) is 0.619. The molecule has 2 atom stereocenters. The van der Waals surface area contributed by atoms with Crippen LogP contribution in [0.4, 0.5) is 0 Å². The van der Waals surface area contributed by atoms with Crippen molar-refractivity contribution in [1.29, 1.82) is 0 Å². The van der Waals surface area contributed by atoms with Gasteiger partial charge in [-0.3, -0.25) is 9.69 Å². The van der Waals surface area contributed by atoms with Crippen LogP contribution in [0.3, 0.4) is 0 Å². The topological polar surface area (TPSA) is 38.8 Å². The van der Waals surface area contributed by atoms with Gasteiger partial charge in [-0.05, 0) is 45.4 Å². The van der Waals surface area contributed by atoms with Crippen molar-refractivity contribution >= 4 is 6.29 Å². The number of ether oxygens (including phenoxy) is 2. The van der Waals surface area contributed by atoms with Crippen molar-refractivity contribution < 1.29 is 14.3 Å². The van der Waals surface area contributed by atoms with Gasteiger partial charge in [0.1, 0.15) is 5.75 Å². The van der Waals surface area contributed by atoms with E-state index < -0.39 is 0 Å². The molecular formula is C17H25NO3. The summed E-state index contributed by atoms with van der Waals surface area (Å²) in [6, 6.07) is 7.35. The van der Waals surface area contributed by atoms with Gasteiger partial charge in [0.15, 0.2) is 6.29 Å². The van der Waals surface area contributed by atoms with Crippen LogP contribution >= 0.6 is 0 Å². The number of carbonyl (C=O) groups is 1. The van der Waals surface area contributed by atoms with Crippen molar-refractivity contribution in [3.8, 4) is 5.75 Å². The summed E-state index contributed by atoms with van der Waals surface area (Å²) >= 11 is 0. The zero-order valence-corrected chi connectivity index (χ0v) is 13.0. The highest BCUT2D eigenvalue weighted by molar-refractivity contribution is 5.79. The second-order valence-electron chi connectivity index (χ2n) is 5.73. The third-order valence-corrected chi connectivity index (χ3v) is 3.67. The zero-order chi connectivity index (χ0) is 15.1. The molecule has 21 heavy (non-hydrogen) atoms. The molecule has 0 saturated carbocycles. The van der Waals surface area contributed by atoms with Gasteiger partial charge < -0.3 is 9.47 Å². The Balaban J connectivity index is 1.65. The fourth-order valence-corrected chi connectivity index (χ4v) is 2.80. The number of aldehydes is 1. The molecule has 1 heterocycles. The van der Waals surface area contributed by atoms with Crippen LogP contribution in [0.5, 0.6) is 5.75 Å². The minimum Gasteiger partial charge on any atom is -0.493 e. The molecule has 4 nitrogen and oxygen atoms in total. The van der Waals surface area contributed by atoms with Gasteiger partial charge in [0.25, 0.3) is 0 Å². The van der Waals surface area contributed by atoms with Gasteiger partial charge in [0.05, 0.1) is 24.4 Å². The normalized spacial score (nSPS) is 23.0. The smallest absolute Gasteiger partial charge is 0.153 e. The third-order valence-electron chi connectivity index (χ3n) is 3.67. The Labute approximate surface area is 127 Å². The van der Waals surface area contributed by atoms with Crippen molar-refractivity contribution in [3.05, 3.63) is 29.8 Å². The molecule has 4 heteroatoms. The molecule has 0 spiro atoms. The van der Waals surface area contributed by atoms with E-state index in [1.165, 1.54) is 0 Å². The fourth-order valence-electron chi connectivity index (χ4n) is 2.80. The number of hydrogen-bond acceptors (Lipinski definition) is 4. The van der Waals surface area contributed by atoms with Gasteiger partial charge in [-0.2, -0.15) is 0 Å². The molecular weight excluding hydrogens is 266 g/mol. The van der Waals surface area contributed by atoms with Crippen molar-refractivity contribution in [1.82, 2.24) is 4.90 Å².